The summed E-state index contributed by atoms with van der Waals surface area (Å²) < 4.78 is 14.5. The zero-order valence-electron chi connectivity index (χ0n) is 17.7. The fraction of sp³-hybridized carbons (Fsp3) is 0.259. The van der Waals surface area contributed by atoms with Crippen molar-refractivity contribution in [3.63, 3.8) is 0 Å². The molecule has 2 heteroatoms. The molecule has 0 radical (unpaired) electrons. The Balaban J connectivity index is 1.89. The number of benzene rings is 3. The Labute approximate surface area is 172 Å². The molecule has 148 valence electrons. The van der Waals surface area contributed by atoms with Gasteiger partial charge in [0.2, 0.25) is 0 Å². The molecule has 1 aliphatic carbocycles. The molecule has 0 unspecified atom stereocenters. The molecular weight excluding hydrogens is 359 g/mol. The molecule has 0 amide bonds. The van der Waals surface area contributed by atoms with Gasteiger partial charge in [-0.05, 0) is 76.8 Å². The molecule has 0 bridgehead atoms. The van der Waals surface area contributed by atoms with Crippen molar-refractivity contribution >= 4 is 11.6 Å². The van der Waals surface area contributed by atoms with E-state index in [2.05, 4.69) is 38.1 Å². The predicted octanol–water partition coefficient (Wildman–Crippen LogP) is 7.21. The van der Waals surface area contributed by atoms with Gasteiger partial charge in [-0.2, -0.15) is 0 Å². The Morgan fingerprint density at radius 1 is 0.862 bits per heavy atom. The quantitative estimate of drug-likeness (QED) is 0.493. The highest BCUT2D eigenvalue weighted by Crippen LogP contribution is 2.44. The number of fused-ring (bicyclic) bond motifs is 1. The SMILES string of the molecule is Cc1ccc(C)c2c1C=C(c1ccccc1-c1cc(F)cc(C(C)(C)C)c1O)C2. The fourth-order valence-electron chi connectivity index (χ4n) is 4.29. The number of phenolic OH excluding ortho intramolecular Hbond substituents is 1. The lowest BCUT2D eigenvalue weighted by Gasteiger charge is -2.23. The summed E-state index contributed by atoms with van der Waals surface area (Å²) >= 11 is 0. The Bertz CT molecular complexity index is 1150. The van der Waals surface area contributed by atoms with Crippen molar-refractivity contribution in [2.24, 2.45) is 0 Å². The van der Waals surface area contributed by atoms with E-state index in [1.807, 2.05) is 39.0 Å². The summed E-state index contributed by atoms with van der Waals surface area (Å²) in [6.45, 7) is 10.2. The minimum absolute atomic E-state index is 0.162. The van der Waals surface area contributed by atoms with Crippen LogP contribution < -0.4 is 0 Å². The number of allylic oxidation sites excluding steroid dienone is 1. The van der Waals surface area contributed by atoms with E-state index < -0.39 is 0 Å². The molecule has 3 aromatic carbocycles. The van der Waals surface area contributed by atoms with Gasteiger partial charge >= 0.3 is 0 Å². The lowest BCUT2D eigenvalue weighted by molar-refractivity contribution is 0.445. The fourth-order valence-corrected chi connectivity index (χ4v) is 4.29. The van der Waals surface area contributed by atoms with Crippen molar-refractivity contribution < 1.29 is 9.50 Å². The third-order valence-corrected chi connectivity index (χ3v) is 5.94. The standard InChI is InChI=1S/C27H27FO/c1-16-10-11-17(2)23-13-18(12-22(16)23)20-8-6-7-9-21(20)24-14-19(28)15-25(26(24)29)27(3,4)5/h6-12,14-15,29H,13H2,1-5H3. The van der Waals surface area contributed by atoms with Gasteiger partial charge in [-0.25, -0.2) is 4.39 Å². The summed E-state index contributed by atoms with van der Waals surface area (Å²) in [7, 11) is 0. The topological polar surface area (TPSA) is 20.2 Å². The Kier molecular flexibility index (Phi) is 4.61. The third-order valence-electron chi connectivity index (χ3n) is 5.94. The van der Waals surface area contributed by atoms with Crippen LogP contribution in [0, 0.1) is 19.7 Å². The maximum Gasteiger partial charge on any atom is 0.127 e. The molecule has 0 saturated heterocycles. The summed E-state index contributed by atoms with van der Waals surface area (Å²) in [6, 6.07) is 15.2. The van der Waals surface area contributed by atoms with E-state index in [9.17, 15) is 9.50 Å². The molecular formula is C27H27FO. The molecule has 29 heavy (non-hydrogen) atoms. The average Bonchev–Trinajstić information content (AvgIpc) is 3.12. The first-order valence-electron chi connectivity index (χ1n) is 10.1. The molecule has 4 rings (SSSR count). The van der Waals surface area contributed by atoms with Gasteiger partial charge in [0.1, 0.15) is 11.6 Å². The number of aromatic hydroxyl groups is 1. The average molecular weight is 387 g/mol. The van der Waals surface area contributed by atoms with Crippen LogP contribution in [0.15, 0.2) is 48.5 Å². The molecule has 0 aromatic heterocycles. The van der Waals surface area contributed by atoms with Gasteiger partial charge in [0, 0.05) is 11.1 Å². The first-order chi connectivity index (χ1) is 13.7. The number of hydrogen-bond acceptors (Lipinski definition) is 1. The zero-order valence-corrected chi connectivity index (χ0v) is 17.7. The van der Waals surface area contributed by atoms with Crippen molar-refractivity contribution in [2.45, 2.75) is 46.5 Å². The van der Waals surface area contributed by atoms with Crippen LogP contribution in [-0.2, 0) is 11.8 Å². The summed E-state index contributed by atoms with van der Waals surface area (Å²) in [6.07, 6.45) is 3.10. The predicted molar refractivity (Wildman–Crippen MR) is 120 cm³/mol. The van der Waals surface area contributed by atoms with Gasteiger partial charge in [-0.3, -0.25) is 0 Å². The van der Waals surface area contributed by atoms with Crippen LogP contribution in [-0.4, -0.2) is 5.11 Å². The second kappa shape index (κ2) is 6.88. The largest absolute Gasteiger partial charge is 0.507 e. The lowest BCUT2D eigenvalue weighted by Crippen LogP contribution is -2.12. The second-order valence-corrected chi connectivity index (χ2v) is 9.08. The highest BCUT2D eigenvalue weighted by Gasteiger charge is 2.25. The highest BCUT2D eigenvalue weighted by molar-refractivity contribution is 5.95. The minimum Gasteiger partial charge on any atom is -0.507 e. The van der Waals surface area contributed by atoms with Crippen molar-refractivity contribution in [3.05, 3.63) is 87.7 Å². The third kappa shape index (κ3) is 3.37. The van der Waals surface area contributed by atoms with Crippen molar-refractivity contribution in [3.8, 4) is 16.9 Å². The van der Waals surface area contributed by atoms with Crippen LogP contribution in [0.1, 0.15) is 54.2 Å². The van der Waals surface area contributed by atoms with E-state index in [0.29, 0.717) is 11.1 Å². The number of rotatable bonds is 2. The van der Waals surface area contributed by atoms with Gasteiger partial charge in [0.25, 0.3) is 0 Å². The van der Waals surface area contributed by atoms with E-state index in [-0.39, 0.29) is 17.0 Å². The molecule has 1 nitrogen and oxygen atoms in total. The van der Waals surface area contributed by atoms with Gasteiger partial charge in [-0.1, -0.05) is 63.2 Å². The molecule has 0 saturated carbocycles. The molecule has 3 aromatic rings. The van der Waals surface area contributed by atoms with E-state index in [4.69, 9.17) is 0 Å². The van der Waals surface area contributed by atoms with Crippen LogP contribution in [0.25, 0.3) is 22.8 Å². The Morgan fingerprint density at radius 3 is 2.17 bits per heavy atom. The smallest absolute Gasteiger partial charge is 0.127 e. The monoisotopic (exact) mass is 386 g/mol. The number of aryl methyl sites for hydroxylation is 2. The molecule has 0 heterocycles. The van der Waals surface area contributed by atoms with Crippen LogP contribution in [0.2, 0.25) is 0 Å². The van der Waals surface area contributed by atoms with E-state index >= 15 is 0 Å². The maximum atomic E-state index is 14.5. The van der Waals surface area contributed by atoms with Gasteiger partial charge < -0.3 is 5.11 Å². The van der Waals surface area contributed by atoms with Crippen LogP contribution in [0.4, 0.5) is 4.39 Å². The van der Waals surface area contributed by atoms with Gasteiger partial charge in [0.15, 0.2) is 0 Å². The van der Waals surface area contributed by atoms with Gasteiger partial charge in [0.05, 0.1) is 0 Å². The van der Waals surface area contributed by atoms with Crippen molar-refractivity contribution in [2.75, 3.05) is 0 Å². The first kappa shape index (κ1) is 19.4. The molecule has 0 atom stereocenters. The second-order valence-electron chi connectivity index (χ2n) is 9.08. The molecule has 0 spiro atoms. The van der Waals surface area contributed by atoms with E-state index in [0.717, 1.165) is 17.5 Å². The maximum absolute atomic E-state index is 14.5. The number of phenols is 1. The zero-order chi connectivity index (χ0) is 20.9. The molecule has 0 aliphatic heterocycles. The van der Waals surface area contributed by atoms with Crippen molar-refractivity contribution in [1.82, 2.24) is 0 Å². The first-order valence-corrected chi connectivity index (χ1v) is 10.1. The van der Waals surface area contributed by atoms with Gasteiger partial charge in [-0.15, -0.1) is 0 Å². The lowest BCUT2D eigenvalue weighted by atomic mass is 9.83. The molecule has 0 fully saturated rings. The Morgan fingerprint density at radius 2 is 1.52 bits per heavy atom. The molecule has 1 aliphatic rings. The van der Waals surface area contributed by atoms with Crippen molar-refractivity contribution in [1.29, 1.82) is 0 Å². The van der Waals surface area contributed by atoms with Crippen LogP contribution in [0.3, 0.4) is 0 Å². The molecule has 1 N–H and O–H groups in total. The highest BCUT2D eigenvalue weighted by atomic mass is 19.1. The van der Waals surface area contributed by atoms with E-state index in [1.54, 1.807) is 0 Å². The minimum atomic E-state index is -0.354. The van der Waals surface area contributed by atoms with Crippen LogP contribution >= 0.6 is 0 Å². The number of hydrogen-bond donors (Lipinski definition) is 1. The normalized spacial score (nSPS) is 13.4. The van der Waals surface area contributed by atoms with E-state index in [1.165, 1.54) is 40.0 Å². The van der Waals surface area contributed by atoms with Crippen LogP contribution in [0.5, 0.6) is 5.75 Å². The number of halogens is 1. The summed E-state index contributed by atoms with van der Waals surface area (Å²) in [5.74, 6) is -0.164. The Hall–Kier alpha value is -2.87. The summed E-state index contributed by atoms with van der Waals surface area (Å²) in [5.41, 5.74) is 9.13. The summed E-state index contributed by atoms with van der Waals surface area (Å²) in [4.78, 5) is 0. The summed E-state index contributed by atoms with van der Waals surface area (Å²) in [5, 5.41) is 11.0.